The summed E-state index contributed by atoms with van der Waals surface area (Å²) in [5, 5.41) is 10.9. The minimum Gasteiger partial charge on any atom is -0.496 e. The molecule has 0 unspecified atom stereocenters. The van der Waals surface area contributed by atoms with Gasteiger partial charge < -0.3 is 19.9 Å². The van der Waals surface area contributed by atoms with Gasteiger partial charge in [0.05, 0.1) is 13.7 Å². The first-order valence-electron chi connectivity index (χ1n) is 4.89. The second-order valence-electron chi connectivity index (χ2n) is 3.12. The van der Waals surface area contributed by atoms with Crippen molar-refractivity contribution in [2.24, 2.45) is 0 Å². The second-order valence-corrected chi connectivity index (χ2v) is 3.12. The number of methoxy groups -OCH3 is 1. The summed E-state index contributed by atoms with van der Waals surface area (Å²) < 4.78 is 10.1. The molecule has 0 bridgehead atoms. The molecule has 0 aliphatic carbocycles. The lowest BCUT2D eigenvalue weighted by atomic mass is 10.2. The smallest absolute Gasteiger partial charge is 0.412 e. The lowest BCUT2D eigenvalue weighted by Crippen LogP contribution is -2.29. The zero-order chi connectivity index (χ0) is 12.0. The van der Waals surface area contributed by atoms with Gasteiger partial charge in [-0.3, -0.25) is 0 Å². The Bertz CT molecular complexity index is 365. The molecule has 0 aromatic heterocycles. The van der Waals surface area contributed by atoms with E-state index in [4.69, 9.17) is 14.6 Å². The van der Waals surface area contributed by atoms with Crippen LogP contribution in [0.2, 0.25) is 0 Å². The van der Waals surface area contributed by atoms with Gasteiger partial charge in [0.2, 0.25) is 0 Å². The van der Waals surface area contributed by atoms with E-state index in [1.165, 1.54) is 0 Å². The third kappa shape index (κ3) is 3.13. The highest BCUT2D eigenvalue weighted by Crippen LogP contribution is 2.26. The average Bonchev–Trinajstić information content (AvgIpc) is 2.29. The van der Waals surface area contributed by atoms with Crippen LogP contribution in [0.4, 0.5) is 4.79 Å². The van der Waals surface area contributed by atoms with Gasteiger partial charge in [0.1, 0.15) is 11.5 Å². The van der Waals surface area contributed by atoms with E-state index < -0.39 is 6.09 Å². The fourth-order valence-corrected chi connectivity index (χ4v) is 1.22. The molecule has 0 saturated heterocycles. The summed E-state index contributed by atoms with van der Waals surface area (Å²) >= 11 is 0. The van der Waals surface area contributed by atoms with Crippen LogP contribution in [0.15, 0.2) is 18.2 Å². The molecule has 1 rings (SSSR count). The van der Waals surface area contributed by atoms with E-state index in [1.807, 2.05) is 0 Å². The summed E-state index contributed by atoms with van der Waals surface area (Å²) in [5.41, 5.74) is 0.754. The van der Waals surface area contributed by atoms with Gasteiger partial charge in [-0.15, -0.1) is 0 Å². The Kier molecular flexibility index (Phi) is 4.60. The monoisotopic (exact) mass is 225 g/mol. The summed E-state index contributed by atoms with van der Waals surface area (Å²) in [6, 6.07) is 5.20. The SMILES string of the molecule is COc1cccc(OC(=O)NCCO)c1C. The van der Waals surface area contributed by atoms with E-state index in [0.717, 1.165) is 5.56 Å². The average molecular weight is 225 g/mol. The fraction of sp³-hybridized carbons (Fsp3) is 0.364. The van der Waals surface area contributed by atoms with Crippen molar-refractivity contribution in [3.8, 4) is 11.5 Å². The van der Waals surface area contributed by atoms with Crippen molar-refractivity contribution in [3.63, 3.8) is 0 Å². The molecule has 1 amide bonds. The van der Waals surface area contributed by atoms with Gasteiger partial charge in [0.15, 0.2) is 0 Å². The quantitative estimate of drug-likeness (QED) is 0.804. The van der Waals surface area contributed by atoms with Crippen molar-refractivity contribution in [2.75, 3.05) is 20.3 Å². The fourth-order valence-electron chi connectivity index (χ4n) is 1.22. The summed E-state index contributed by atoms with van der Waals surface area (Å²) in [7, 11) is 1.55. The predicted octanol–water partition coefficient (Wildman–Crippen LogP) is 1.08. The highest BCUT2D eigenvalue weighted by Gasteiger charge is 2.09. The molecule has 88 valence electrons. The predicted molar refractivity (Wildman–Crippen MR) is 58.8 cm³/mol. The molecule has 0 saturated carbocycles. The molecule has 0 aliphatic heterocycles. The number of hydrogen-bond acceptors (Lipinski definition) is 4. The molecule has 0 atom stereocenters. The molecular weight excluding hydrogens is 210 g/mol. The first kappa shape index (κ1) is 12.3. The molecule has 0 radical (unpaired) electrons. The Hall–Kier alpha value is -1.75. The highest BCUT2D eigenvalue weighted by molar-refractivity contribution is 5.71. The van der Waals surface area contributed by atoms with Crippen molar-refractivity contribution in [2.45, 2.75) is 6.92 Å². The number of carbonyl (C=O) groups excluding carboxylic acids is 1. The Labute approximate surface area is 94.0 Å². The number of benzene rings is 1. The van der Waals surface area contributed by atoms with Crippen LogP contribution in [0, 0.1) is 6.92 Å². The number of aliphatic hydroxyl groups is 1. The van der Waals surface area contributed by atoms with E-state index in [9.17, 15) is 4.79 Å². The summed E-state index contributed by atoms with van der Waals surface area (Å²) in [6.45, 7) is 1.85. The first-order chi connectivity index (χ1) is 7.69. The molecule has 1 aromatic carbocycles. The molecule has 2 N–H and O–H groups in total. The number of amides is 1. The maximum Gasteiger partial charge on any atom is 0.412 e. The molecule has 0 aliphatic rings. The summed E-state index contributed by atoms with van der Waals surface area (Å²) in [5.74, 6) is 1.10. The zero-order valence-corrected chi connectivity index (χ0v) is 9.32. The number of rotatable bonds is 4. The number of carbonyl (C=O) groups is 1. The maximum atomic E-state index is 11.2. The van der Waals surface area contributed by atoms with Crippen molar-refractivity contribution >= 4 is 6.09 Å². The number of nitrogens with one attached hydrogen (secondary N) is 1. The maximum absolute atomic E-state index is 11.2. The van der Waals surface area contributed by atoms with E-state index in [1.54, 1.807) is 32.2 Å². The van der Waals surface area contributed by atoms with Gasteiger partial charge in [0.25, 0.3) is 0 Å². The third-order valence-corrected chi connectivity index (χ3v) is 2.04. The third-order valence-electron chi connectivity index (χ3n) is 2.04. The Morgan fingerprint density at radius 3 is 2.75 bits per heavy atom. The Morgan fingerprint density at radius 2 is 2.12 bits per heavy atom. The van der Waals surface area contributed by atoms with Gasteiger partial charge in [-0.2, -0.15) is 0 Å². The summed E-state index contributed by atoms with van der Waals surface area (Å²) in [6.07, 6.45) is -0.592. The minimum atomic E-state index is -0.592. The number of hydrogen-bond donors (Lipinski definition) is 2. The lowest BCUT2D eigenvalue weighted by Gasteiger charge is -2.10. The van der Waals surface area contributed by atoms with Crippen LogP contribution in [-0.4, -0.2) is 31.5 Å². The highest BCUT2D eigenvalue weighted by atomic mass is 16.6. The first-order valence-corrected chi connectivity index (χ1v) is 4.89. The molecule has 5 heteroatoms. The Morgan fingerprint density at radius 1 is 1.44 bits per heavy atom. The van der Waals surface area contributed by atoms with Gasteiger partial charge in [-0.25, -0.2) is 4.79 Å². The van der Waals surface area contributed by atoms with Crippen LogP contribution in [0.3, 0.4) is 0 Å². The van der Waals surface area contributed by atoms with Crippen molar-refractivity contribution < 1.29 is 19.4 Å². The lowest BCUT2D eigenvalue weighted by molar-refractivity contribution is 0.195. The van der Waals surface area contributed by atoms with Crippen molar-refractivity contribution in [3.05, 3.63) is 23.8 Å². The van der Waals surface area contributed by atoms with E-state index in [0.29, 0.717) is 11.5 Å². The van der Waals surface area contributed by atoms with Crippen LogP contribution in [0.1, 0.15) is 5.56 Å². The van der Waals surface area contributed by atoms with Crippen LogP contribution in [-0.2, 0) is 0 Å². The molecule has 1 aromatic rings. The van der Waals surface area contributed by atoms with Gasteiger partial charge >= 0.3 is 6.09 Å². The van der Waals surface area contributed by atoms with Crippen LogP contribution < -0.4 is 14.8 Å². The Balaban J connectivity index is 2.70. The summed E-state index contributed by atoms with van der Waals surface area (Å²) in [4.78, 5) is 11.2. The molecular formula is C11H15NO4. The van der Waals surface area contributed by atoms with Gasteiger partial charge in [-0.05, 0) is 19.1 Å². The van der Waals surface area contributed by atoms with E-state index in [2.05, 4.69) is 5.32 Å². The zero-order valence-electron chi connectivity index (χ0n) is 9.32. The topological polar surface area (TPSA) is 67.8 Å². The van der Waals surface area contributed by atoms with Crippen molar-refractivity contribution in [1.82, 2.24) is 5.32 Å². The standard InChI is InChI=1S/C11H15NO4/c1-8-9(15-2)4-3-5-10(8)16-11(14)12-6-7-13/h3-5,13H,6-7H2,1-2H3,(H,12,14). The molecule has 0 fully saturated rings. The van der Waals surface area contributed by atoms with E-state index in [-0.39, 0.29) is 13.2 Å². The van der Waals surface area contributed by atoms with E-state index >= 15 is 0 Å². The normalized spacial score (nSPS) is 9.69. The number of ether oxygens (including phenoxy) is 2. The largest absolute Gasteiger partial charge is 0.496 e. The molecule has 0 spiro atoms. The van der Waals surface area contributed by atoms with Crippen LogP contribution in [0.5, 0.6) is 11.5 Å². The number of aliphatic hydroxyl groups excluding tert-OH is 1. The second kappa shape index (κ2) is 5.97. The van der Waals surface area contributed by atoms with Crippen molar-refractivity contribution in [1.29, 1.82) is 0 Å². The van der Waals surface area contributed by atoms with Crippen LogP contribution >= 0.6 is 0 Å². The minimum absolute atomic E-state index is 0.119. The molecule has 16 heavy (non-hydrogen) atoms. The van der Waals surface area contributed by atoms with Gasteiger partial charge in [-0.1, -0.05) is 6.07 Å². The molecule has 5 nitrogen and oxygen atoms in total. The van der Waals surface area contributed by atoms with Crippen LogP contribution in [0.25, 0.3) is 0 Å². The molecule has 0 heterocycles. The van der Waals surface area contributed by atoms with Gasteiger partial charge in [0, 0.05) is 12.1 Å².